The first-order valence-corrected chi connectivity index (χ1v) is 7.46. The first kappa shape index (κ1) is 16.5. The van der Waals surface area contributed by atoms with E-state index in [0.29, 0.717) is 44.7 Å². The molecule has 1 aromatic rings. The van der Waals surface area contributed by atoms with Crippen LogP contribution in [0, 0.1) is 11.3 Å². The summed E-state index contributed by atoms with van der Waals surface area (Å²) in [4.78, 5) is 30.4. The molecule has 0 aliphatic carbocycles. The van der Waals surface area contributed by atoms with E-state index in [9.17, 15) is 9.59 Å². The van der Waals surface area contributed by atoms with Gasteiger partial charge in [-0.2, -0.15) is 5.26 Å². The van der Waals surface area contributed by atoms with Crippen molar-refractivity contribution in [3.05, 3.63) is 23.9 Å². The van der Waals surface area contributed by atoms with Gasteiger partial charge in [0, 0.05) is 45.3 Å². The average molecular weight is 317 g/mol. The molecular formula is C15H19N5O3. The van der Waals surface area contributed by atoms with Crippen molar-refractivity contribution in [1.82, 2.24) is 15.2 Å². The monoisotopic (exact) mass is 317 g/mol. The second kappa shape index (κ2) is 7.98. The van der Waals surface area contributed by atoms with Crippen LogP contribution in [-0.4, -0.2) is 59.7 Å². The Bertz CT molecular complexity index is 605. The summed E-state index contributed by atoms with van der Waals surface area (Å²) < 4.78 is 0. The highest BCUT2D eigenvalue weighted by Gasteiger charge is 2.21. The Morgan fingerprint density at radius 1 is 1.35 bits per heavy atom. The molecule has 0 bridgehead atoms. The minimum absolute atomic E-state index is 0.0506. The van der Waals surface area contributed by atoms with Crippen molar-refractivity contribution in [2.75, 3.05) is 37.6 Å². The lowest BCUT2D eigenvalue weighted by Crippen LogP contribution is -2.52. The summed E-state index contributed by atoms with van der Waals surface area (Å²) >= 11 is 0. The number of hydrogen-bond acceptors (Lipinski definition) is 5. The van der Waals surface area contributed by atoms with Crippen LogP contribution in [0.25, 0.3) is 0 Å². The number of urea groups is 1. The summed E-state index contributed by atoms with van der Waals surface area (Å²) in [5.74, 6) is -0.120. The summed E-state index contributed by atoms with van der Waals surface area (Å²) in [6.45, 7) is 2.76. The molecule has 0 aromatic carbocycles. The molecule has 2 N–H and O–H groups in total. The summed E-state index contributed by atoms with van der Waals surface area (Å²) in [6.07, 6.45) is 2.08. The zero-order chi connectivity index (χ0) is 16.7. The lowest BCUT2D eigenvalue weighted by molar-refractivity contribution is -0.137. The van der Waals surface area contributed by atoms with Gasteiger partial charge >= 0.3 is 12.0 Å². The lowest BCUT2D eigenvalue weighted by atomic mass is 10.2. The van der Waals surface area contributed by atoms with E-state index in [4.69, 9.17) is 10.4 Å². The Hall–Kier alpha value is -2.82. The number of carbonyl (C=O) groups excluding carboxylic acids is 1. The average Bonchev–Trinajstić information content (AvgIpc) is 2.58. The molecule has 0 atom stereocenters. The van der Waals surface area contributed by atoms with Gasteiger partial charge in [-0.05, 0) is 18.6 Å². The number of carboxylic acid groups (broad SMARTS) is 1. The normalized spacial score (nSPS) is 14.2. The number of anilines is 1. The van der Waals surface area contributed by atoms with Gasteiger partial charge < -0.3 is 20.2 Å². The summed E-state index contributed by atoms with van der Waals surface area (Å²) in [5.41, 5.74) is 0.564. The van der Waals surface area contributed by atoms with Crippen molar-refractivity contribution in [2.24, 2.45) is 0 Å². The molecular weight excluding hydrogens is 298 g/mol. The Morgan fingerprint density at radius 2 is 2.09 bits per heavy atom. The van der Waals surface area contributed by atoms with Crippen molar-refractivity contribution < 1.29 is 14.7 Å². The van der Waals surface area contributed by atoms with Gasteiger partial charge in [-0.1, -0.05) is 0 Å². The largest absolute Gasteiger partial charge is 0.481 e. The van der Waals surface area contributed by atoms with E-state index in [1.165, 1.54) is 0 Å². The van der Waals surface area contributed by atoms with Gasteiger partial charge in [-0.25, -0.2) is 9.78 Å². The van der Waals surface area contributed by atoms with Crippen molar-refractivity contribution in [2.45, 2.75) is 12.8 Å². The molecule has 1 aliphatic heterocycles. The first-order valence-electron chi connectivity index (χ1n) is 7.46. The van der Waals surface area contributed by atoms with Crippen LogP contribution >= 0.6 is 0 Å². The third kappa shape index (κ3) is 4.85. The molecule has 1 aromatic heterocycles. The number of aliphatic carboxylic acids is 1. The van der Waals surface area contributed by atoms with Crippen LogP contribution in [-0.2, 0) is 4.79 Å². The molecule has 23 heavy (non-hydrogen) atoms. The van der Waals surface area contributed by atoms with E-state index in [0.717, 1.165) is 5.82 Å². The van der Waals surface area contributed by atoms with E-state index in [-0.39, 0.29) is 12.5 Å². The van der Waals surface area contributed by atoms with Crippen molar-refractivity contribution in [3.8, 4) is 6.07 Å². The first-order chi connectivity index (χ1) is 11.1. The number of carbonyl (C=O) groups is 2. The quantitative estimate of drug-likeness (QED) is 0.772. The number of amides is 2. The number of rotatable bonds is 5. The van der Waals surface area contributed by atoms with Crippen molar-refractivity contribution in [1.29, 1.82) is 5.26 Å². The highest BCUT2D eigenvalue weighted by molar-refractivity contribution is 5.74. The molecule has 1 saturated heterocycles. The maximum absolute atomic E-state index is 12.0. The van der Waals surface area contributed by atoms with Crippen LogP contribution in [0.4, 0.5) is 10.6 Å². The highest BCUT2D eigenvalue weighted by Crippen LogP contribution is 2.14. The maximum Gasteiger partial charge on any atom is 0.317 e. The molecule has 122 valence electrons. The Morgan fingerprint density at radius 3 is 2.74 bits per heavy atom. The standard InChI is InChI=1S/C15H19N5O3/c16-11-12-3-5-17-13(10-12)19-6-8-20(9-7-19)15(23)18-4-1-2-14(21)22/h3,5,10H,1-2,4,6-9H2,(H,18,23)(H,21,22). The van der Waals surface area contributed by atoms with Crippen LogP contribution in [0.5, 0.6) is 0 Å². The number of pyridine rings is 1. The van der Waals surface area contributed by atoms with Gasteiger partial charge in [-0.15, -0.1) is 0 Å². The molecule has 0 spiro atoms. The number of nitrogens with zero attached hydrogens (tertiary/aromatic N) is 4. The van der Waals surface area contributed by atoms with Crippen molar-refractivity contribution >= 4 is 17.8 Å². The van der Waals surface area contributed by atoms with Gasteiger partial charge in [0.05, 0.1) is 11.6 Å². The minimum Gasteiger partial charge on any atom is -0.481 e. The van der Waals surface area contributed by atoms with Crippen LogP contribution in [0.3, 0.4) is 0 Å². The van der Waals surface area contributed by atoms with E-state index < -0.39 is 5.97 Å². The summed E-state index contributed by atoms with van der Waals surface area (Å²) in [7, 11) is 0. The number of carboxylic acids is 1. The molecule has 2 rings (SSSR count). The second-order valence-corrected chi connectivity index (χ2v) is 5.22. The molecule has 0 saturated carbocycles. The van der Waals surface area contributed by atoms with Crippen LogP contribution in [0.1, 0.15) is 18.4 Å². The van der Waals surface area contributed by atoms with Crippen LogP contribution < -0.4 is 10.2 Å². The van der Waals surface area contributed by atoms with Gasteiger partial charge in [-0.3, -0.25) is 4.79 Å². The Balaban J connectivity index is 1.78. The SMILES string of the molecule is N#Cc1ccnc(N2CCN(C(=O)NCCCC(=O)O)CC2)c1. The van der Waals surface area contributed by atoms with E-state index in [1.54, 1.807) is 23.2 Å². The molecule has 2 amide bonds. The molecule has 8 nitrogen and oxygen atoms in total. The second-order valence-electron chi connectivity index (χ2n) is 5.22. The van der Waals surface area contributed by atoms with E-state index in [2.05, 4.69) is 16.4 Å². The van der Waals surface area contributed by atoms with Gasteiger partial charge in [0.1, 0.15) is 5.82 Å². The number of piperazine rings is 1. The fourth-order valence-electron chi connectivity index (χ4n) is 2.35. The zero-order valence-corrected chi connectivity index (χ0v) is 12.7. The number of aromatic nitrogens is 1. The predicted molar refractivity (Wildman–Crippen MR) is 83.0 cm³/mol. The molecule has 8 heteroatoms. The topological polar surface area (TPSA) is 110 Å². The zero-order valence-electron chi connectivity index (χ0n) is 12.7. The lowest BCUT2D eigenvalue weighted by Gasteiger charge is -2.35. The Kier molecular flexibility index (Phi) is 5.74. The number of nitrogens with one attached hydrogen (secondary N) is 1. The predicted octanol–water partition coefficient (Wildman–Crippen LogP) is 0.650. The fourth-order valence-corrected chi connectivity index (χ4v) is 2.35. The highest BCUT2D eigenvalue weighted by atomic mass is 16.4. The molecule has 0 unspecified atom stereocenters. The van der Waals surface area contributed by atoms with E-state index in [1.807, 2.05) is 4.90 Å². The number of hydrogen-bond donors (Lipinski definition) is 2. The Labute approximate surface area is 134 Å². The maximum atomic E-state index is 12.0. The molecule has 2 heterocycles. The van der Waals surface area contributed by atoms with Crippen LogP contribution in [0.2, 0.25) is 0 Å². The molecule has 0 radical (unpaired) electrons. The van der Waals surface area contributed by atoms with E-state index >= 15 is 0 Å². The molecule has 1 fully saturated rings. The molecule has 1 aliphatic rings. The summed E-state index contributed by atoms with van der Waals surface area (Å²) in [5, 5.41) is 20.2. The van der Waals surface area contributed by atoms with Gasteiger partial charge in [0.2, 0.25) is 0 Å². The van der Waals surface area contributed by atoms with Crippen LogP contribution in [0.15, 0.2) is 18.3 Å². The number of nitriles is 1. The van der Waals surface area contributed by atoms with Crippen molar-refractivity contribution in [3.63, 3.8) is 0 Å². The van der Waals surface area contributed by atoms with Gasteiger partial charge in [0.15, 0.2) is 0 Å². The third-order valence-corrected chi connectivity index (χ3v) is 3.61. The van der Waals surface area contributed by atoms with Gasteiger partial charge in [0.25, 0.3) is 0 Å². The summed E-state index contributed by atoms with van der Waals surface area (Å²) in [6, 6.07) is 5.31. The fraction of sp³-hybridized carbons (Fsp3) is 0.467. The minimum atomic E-state index is -0.861. The smallest absolute Gasteiger partial charge is 0.317 e. The third-order valence-electron chi connectivity index (χ3n) is 3.61.